The SMILES string of the molecule is COC(=O)c1ccc(-c2ccccc2)cc1C(OC)OC. The Morgan fingerprint density at radius 1 is 0.905 bits per heavy atom. The second kappa shape index (κ2) is 7.02. The summed E-state index contributed by atoms with van der Waals surface area (Å²) in [7, 11) is 4.42. The molecule has 0 radical (unpaired) electrons. The highest BCUT2D eigenvalue weighted by Gasteiger charge is 2.20. The Bertz CT molecular complexity index is 603. The molecular weight excluding hydrogens is 268 g/mol. The zero-order valence-electron chi connectivity index (χ0n) is 12.3. The molecule has 0 N–H and O–H groups in total. The van der Waals surface area contributed by atoms with Crippen LogP contribution in [0.3, 0.4) is 0 Å². The third-order valence-corrected chi connectivity index (χ3v) is 3.25. The van der Waals surface area contributed by atoms with Crippen molar-refractivity contribution in [1.29, 1.82) is 0 Å². The Morgan fingerprint density at radius 3 is 2.14 bits per heavy atom. The van der Waals surface area contributed by atoms with Crippen molar-refractivity contribution in [2.75, 3.05) is 21.3 Å². The van der Waals surface area contributed by atoms with E-state index in [1.807, 2.05) is 42.5 Å². The molecule has 0 bridgehead atoms. The van der Waals surface area contributed by atoms with Gasteiger partial charge in [0.15, 0.2) is 6.29 Å². The van der Waals surface area contributed by atoms with Gasteiger partial charge in [0.2, 0.25) is 0 Å². The van der Waals surface area contributed by atoms with Gasteiger partial charge in [0.1, 0.15) is 0 Å². The van der Waals surface area contributed by atoms with Gasteiger partial charge in [-0.1, -0.05) is 36.4 Å². The van der Waals surface area contributed by atoms with Crippen LogP contribution in [-0.2, 0) is 14.2 Å². The van der Waals surface area contributed by atoms with E-state index in [2.05, 4.69) is 0 Å². The van der Waals surface area contributed by atoms with E-state index in [-0.39, 0.29) is 0 Å². The van der Waals surface area contributed by atoms with Crippen LogP contribution in [0.1, 0.15) is 22.2 Å². The van der Waals surface area contributed by atoms with Crippen LogP contribution >= 0.6 is 0 Å². The van der Waals surface area contributed by atoms with E-state index in [9.17, 15) is 4.79 Å². The predicted molar refractivity (Wildman–Crippen MR) is 80.0 cm³/mol. The summed E-state index contributed by atoms with van der Waals surface area (Å²) >= 11 is 0. The number of ether oxygens (including phenoxy) is 3. The van der Waals surface area contributed by atoms with E-state index in [4.69, 9.17) is 14.2 Å². The fraction of sp³-hybridized carbons (Fsp3) is 0.235. The molecule has 0 aliphatic heterocycles. The van der Waals surface area contributed by atoms with E-state index in [1.54, 1.807) is 6.07 Å². The van der Waals surface area contributed by atoms with Crippen molar-refractivity contribution in [3.05, 3.63) is 59.7 Å². The topological polar surface area (TPSA) is 44.8 Å². The molecular formula is C17H18O4. The van der Waals surface area contributed by atoms with Crippen LogP contribution < -0.4 is 0 Å². The molecule has 2 aromatic rings. The van der Waals surface area contributed by atoms with Crippen LogP contribution in [0.15, 0.2) is 48.5 Å². The van der Waals surface area contributed by atoms with Crippen molar-refractivity contribution in [3.8, 4) is 11.1 Å². The summed E-state index contributed by atoms with van der Waals surface area (Å²) in [4.78, 5) is 11.9. The zero-order valence-corrected chi connectivity index (χ0v) is 12.3. The molecule has 0 spiro atoms. The quantitative estimate of drug-likeness (QED) is 0.624. The molecule has 2 aromatic carbocycles. The van der Waals surface area contributed by atoms with Gasteiger partial charge in [-0.2, -0.15) is 0 Å². The van der Waals surface area contributed by atoms with Crippen LogP contribution in [0.25, 0.3) is 11.1 Å². The van der Waals surface area contributed by atoms with Crippen LogP contribution in [0.5, 0.6) is 0 Å². The molecule has 0 unspecified atom stereocenters. The van der Waals surface area contributed by atoms with Gasteiger partial charge < -0.3 is 14.2 Å². The number of hydrogen-bond acceptors (Lipinski definition) is 4. The van der Waals surface area contributed by atoms with E-state index < -0.39 is 12.3 Å². The molecule has 4 heteroatoms. The van der Waals surface area contributed by atoms with Gasteiger partial charge in [-0.3, -0.25) is 0 Å². The normalized spacial score (nSPS) is 10.7. The summed E-state index contributed by atoms with van der Waals surface area (Å²) in [6.45, 7) is 0. The lowest BCUT2D eigenvalue weighted by atomic mass is 9.98. The monoisotopic (exact) mass is 286 g/mol. The minimum Gasteiger partial charge on any atom is -0.465 e. The molecule has 0 aromatic heterocycles. The van der Waals surface area contributed by atoms with Gasteiger partial charge in [-0.25, -0.2) is 4.79 Å². The van der Waals surface area contributed by atoms with Crippen molar-refractivity contribution in [2.24, 2.45) is 0 Å². The Morgan fingerprint density at radius 2 is 1.57 bits per heavy atom. The first kappa shape index (κ1) is 15.2. The number of benzene rings is 2. The minimum absolute atomic E-state index is 0.413. The smallest absolute Gasteiger partial charge is 0.338 e. The Kier molecular flexibility index (Phi) is 5.09. The standard InChI is InChI=1S/C17H18O4/c1-19-16(18)14-10-9-13(12-7-5-4-6-8-12)11-15(14)17(20-2)21-3/h4-11,17H,1-3H3. The first-order valence-corrected chi connectivity index (χ1v) is 6.54. The molecule has 21 heavy (non-hydrogen) atoms. The van der Waals surface area contributed by atoms with Crippen molar-refractivity contribution in [2.45, 2.75) is 6.29 Å². The zero-order chi connectivity index (χ0) is 15.2. The lowest BCUT2D eigenvalue weighted by molar-refractivity contribution is -0.106. The summed E-state index contributed by atoms with van der Waals surface area (Å²) in [5, 5.41) is 0. The lowest BCUT2D eigenvalue weighted by Crippen LogP contribution is -2.12. The number of hydrogen-bond donors (Lipinski definition) is 0. The summed E-state index contributed by atoms with van der Waals surface area (Å²) in [6, 6.07) is 15.4. The predicted octanol–water partition coefficient (Wildman–Crippen LogP) is 3.43. The Hall–Kier alpha value is -2.17. The molecule has 4 nitrogen and oxygen atoms in total. The molecule has 0 saturated heterocycles. The van der Waals surface area contributed by atoms with Crippen LogP contribution in [-0.4, -0.2) is 27.3 Å². The third kappa shape index (κ3) is 3.29. The fourth-order valence-corrected chi connectivity index (χ4v) is 2.21. The average molecular weight is 286 g/mol. The number of esters is 1. The minimum atomic E-state index is -0.622. The molecule has 0 aliphatic rings. The van der Waals surface area contributed by atoms with Gasteiger partial charge in [0, 0.05) is 19.8 Å². The van der Waals surface area contributed by atoms with Gasteiger partial charge in [0.05, 0.1) is 12.7 Å². The van der Waals surface area contributed by atoms with E-state index >= 15 is 0 Å². The fourth-order valence-electron chi connectivity index (χ4n) is 2.21. The van der Waals surface area contributed by atoms with Crippen molar-refractivity contribution in [1.82, 2.24) is 0 Å². The van der Waals surface area contributed by atoms with Crippen LogP contribution in [0.4, 0.5) is 0 Å². The molecule has 110 valence electrons. The maximum atomic E-state index is 11.9. The summed E-state index contributed by atoms with van der Waals surface area (Å²) in [5.74, 6) is -0.413. The van der Waals surface area contributed by atoms with Gasteiger partial charge >= 0.3 is 5.97 Å². The lowest BCUT2D eigenvalue weighted by Gasteiger charge is -2.18. The maximum absolute atomic E-state index is 11.9. The molecule has 0 heterocycles. The van der Waals surface area contributed by atoms with Gasteiger partial charge in [-0.15, -0.1) is 0 Å². The largest absolute Gasteiger partial charge is 0.465 e. The highest BCUT2D eigenvalue weighted by molar-refractivity contribution is 5.92. The third-order valence-electron chi connectivity index (χ3n) is 3.25. The molecule has 0 amide bonds. The summed E-state index contributed by atoms with van der Waals surface area (Å²) < 4.78 is 15.4. The average Bonchev–Trinajstić information content (AvgIpc) is 2.56. The molecule has 2 rings (SSSR count). The van der Waals surface area contributed by atoms with Crippen LogP contribution in [0.2, 0.25) is 0 Å². The number of carbonyl (C=O) groups is 1. The van der Waals surface area contributed by atoms with Crippen LogP contribution in [0, 0.1) is 0 Å². The number of methoxy groups -OCH3 is 3. The second-order valence-electron chi connectivity index (χ2n) is 4.46. The number of rotatable bonds is 5. The van der Waals surface area contributed by atoms with Gasteiger partial charge in [-0.05, 0) is 23.3 Å². The first-order valence-electron chi connectivity index (χ1n) is 6.54. The molecule has 0 saturated carbocycles. The summed E-state index contributed by atoms with van der Waals surface area (Å²) in [6.07, 6.45) is -0.622. The van der Waals surface area contributed by atoms with Crippen molar-refractivity contribution >= 4 is 5.97 Å². The number of carbonyl (C=O) groups excluding carboxylic acids is 1. The highest BCUT2D eigenvalue weighted by atomic mass is 16.7. The van der Waals surface area contributed by atoms with E-state index in [0.717, 1.165) is 11.1 Å². The van der Waals surface area contributed by atoms with E-state index in [0.29, 0.717) is 11.1 Å². The first-order chi connectivity index (χ1) is 10.2. The summed E-state index contributed by atoms with van der Waals surface area (Å²) in [5.41, 5.74) is 3.12. The highest BCUT2D eigenvalue weighted by Crippen LogP contribution is 2.28. The van der Waals surface area contributed by atoms with Gasteiger partial charge in [0.25, 0.3) is 0 Å². The maximum Gasteiger partial charge on any atom is 0.338 e. The molecule has 0 aliphatic carbocycles. The molecule has 0 fully saturated rings. The van der Waals surface area contributed by atoms with Crippen molar-refractivity contribution in [3.63, 3.8) is 0 Å². The Labute approximate surface area is 124 Å². The Balaban J connectivity index is 2.53. The second-order valence-corrected chi connectivity index (χ2v) is 4.46. The van der Waals surface area contributed by atoms with E-state index in [1.165, 1.54) is 21.3 Å². The molecule has 0 atom stereocenters. The van der Waals surface area contributed by atoms with Crippen molar-refractivity contribution < 1.29 is 19.0 Å².